The molecule has 0 saturated carbocycles. The average Bonchev–Trinajstić information content (AvgIpc) is 3.32. The number of nitrogens with zero attached hydrogens (tertiary/aromatic N) is 1. The SMILES string of the molecule is CC(C)N(c1ccc2c3c(cccc13)CC2)c1ccc2c3c(cccc13)CC2. The Labute approximate surface area is 166 Å². The Kier molecular flexibility index (Phi) is 3.38. The summed E-state index contributed by atoms with van der Waals surface area (Å²) in [4.78, 5) is 2.56. The Morgan fingerprint density at radius 1 is 0.571 bits per heavy atom. The van der Waals surface area contributed by atoms with Gasteiger partial charge in [0.15, 0.2) is 0 Å². The summed E-state index contributed by atoms with van der Waals surface area (Å²) in [7, 11) is 0. The summed E-state index contributed by atoms with van der Waals surface area (Å²) in [6.45, 7) is 4.62. The molecule has 0 aromatic heterocycles. The molecule has 138 valence electrons. The molecule has 2 aliphatic carbocycles. The topological polar surface area (TPSA) is 3.24 Å². The van der Waals surface area contributed by atoms with Gasteiger partial charge in [0.1, 0.15) is 0 Å². The Morgan fingerprint density at radius 3 is 1.43 bits per heavy atom. The van der Waals surface area contributed by atoms with E-state index in [1.165, 1.54) is 80.9 Å². The van der Waals surface area contributed by atoms with Gasteiger partial charge in [0.25, 0.3) is 0 Å². The second kappa shape index (κ2) is 5.85. The lowest BCUT2D eigenvalue weighted by Crippen LogP contribution is -2.26. The molecule has 0 unspecified atom stereocenters. The van der Waals surface area contributed by atoms with Crippen LogP contribution in [0.25, 0.3) is 21.5 Å². The lowest BCUT2D eigenvalue weighted by Gasteiger charge is -2.32. The zero-order chi connectivity index (χ0) is 18.8. The van der Waals surface area contributed by atoms with Crippen LogP contribution in [0.15, 0.2) is 60.7 Å². The third kappa shape index (κ3) is 2.13. The second-order valence-corrected chi connectivity index (χ2v) is 8.63. The largest absolute Gasteiger partial charge is 0.338 e. The molecule has 4 aromatic carbocycles. The van der Waals surface area contributed by atoms with Crippen LogP contribution < -0.4 is 4.90 Å². The Bertz CT molecular complexity index is 1130. The van der Waals surface area contributed by atoms with Gasteiger partial charge in [0, 0.05) is 28.2 Å². The van der Waals surface area contributed by atoms with Crippen LogP contribution in [0.2, 0.25) is 0 Å². The summed E-state index contributed by atoms with van der Waals surface area (Å²) in [5, 5.41) is 5.81. The van der Waals surface area contributed by atoms with Crippen molar-refractivity contribution in [3.8, 4) is 0 Å². The molecule has 0 aliphatic heterocycles. The maximum absolute atomic E-state index is 2.56. The number of hydrogen-bond donors (Lipinski definition) is 0. The highest BCUT2D eigenvalue weighted by Crippen LogP contribution is 2.43. The number of anilines is 2. The van der Waals surface area contributed by atoms with Crippen molar-refractivity contribution in [3.63, 3.8) is 0 Å². The summed E-state index contributed by atoms with van der Waals surface area (Å²) < 4.78 is 0. The van der Waals surface area contributed by atoms with E-state index in [0.29, 0.717) is 6.04 Å². The van der Waals surface area contributed by atoms with Crippen LogP contribution in [-0.2, 0) is 25.7 Å². The van der Waals surface area contributed by atoms with Crippen molar-refractivity contribution in [3.05, 3.63) is 82.9 Å². The van der Waals surface area contributed by atoms with Gasteiger partial charge in [-0.25, -0.2) is 0 Å². The summed E-state index contributed by atoms with van der Waals surface area (Å²) in [6, 6.07) is 23.6. The summed E-state index contributed by atoms with van der Waals surface area (Å²) in [6.07, 6.45) is 4.72. The molecule has 28 heavy (non-hydrogen) atoms. The molecule has 1 nitrogen and oxygen atoms in total. The van der Waals surface area contributed by atoms with E-state index in [1.54, 1.807) is 0 Å². The predicted molar refractivity (Wildman–Crippen MR) is 120 cm³/mol. The molecular formula is C27H25N. The third-order valence-electron chi connectivity index (χ3n) is 6.74. The first-order chi connectivity index (χ1) is 13.7. The van der Waals surface area contributed by atoms with Gasteiger partial charge in [0.05, 0.1) is 0 Å². The van der Waals surface area contributed by atoms with E-state index in [4.69, 9.17) is 0 Å². The van der Waals surface area contributed by atoms with Crippen molar-refractivity contribution in [2.45, 2.75) is 45.6 Å². The van der Waals surface area contributed by atoms with Gasteiger partial charge in [-0.2, -0.15) is 0 Å². The summed E-state index contributed by atoms with van der Waals surface area (Å²) >= 11 is 0. The Hall–Kier alpha value is -2.80. The minimum atomic E-state index is 0.386. The Balaban J connectivity index is 1.65. The molecule has 0 atom stereocenters. The van der Waals surface area contributed by atoms with Crippen LogP contribution in [0, 0.1) is 0 Å². The van der Waals surface area contributed by atoms with Gasteiger partial charge in [-0.15, -0.1) is 0 Å². The third-order valence-corrected chi connectivity index (χ3v) is 6.74. The van der Waals surface area contributed by atoms with Crippen molar-refractivity contribution < 1.29 is 0 Å². The van der Waals surface area contributed by atoms with Crippen LogP contribution >= 0.6 is 0 Å². The highest BCUT2D eigenvalue weighted by molar-refractivity contribution is 6.06. The maximum Gasteiger partial charge on any atom is 0.0493 e. The predicted octanol–water partition coefficient (Wildman–Crippen LogP) is 6.74. The molecule has 0 bridgehead atoms. The summed E-state index contributed by atoms with van der Waals surface area (Å²) in [5.41, 5.74) is 8.74. The minimum absolute atomic E-state index is 0.386. The fourth-order valence-electron chi connectivity index (χ4n) is 5.57. The van der Waals surface area contributed by atoms with Gasteiger partial charge >= 0.3 is 0 Å². The standard InChI is InChI=1S/C27H25N/c1-17(2)28(24-15-13-20-11-9-18-5-3-7-22(24)26(18)20)25-16-14-21-12-10-19-6-4-8-23(25)27(19)21/h3-8,13-17H,9-12H2,1-2H3. The van der Waals surface area contributed by atoms with Crippen LogP contribution in [0.3, 0.4) is 0 Å². The van der Waals surface area contributed by atoms with Crippen LogP contribution in [-0.4, -0.2) is 6.04 Å². The summed E-state index contributed by atoms with van der Waals surface area (Å²) in [5.74, 6) is 0. The first kappa shape index (κ1) is 16.2. The van der Waals surface area contributed by atoms with Crippen LogP contribution in [0.5, 0.6) is 0 Å². The van der Waals surface area contributed by atoms with E-state index in [-0.39, 0.29) is 0 Å². The molecule has 0 saturated heterocycles. The average molecular weight is 364 g/mol. The lowest BCUT2D eigenvalue weighted by atomic mass is 9.99. The molecule has 0 radical (unpaired) electrons. The van der Waals surface area contributed by atoms with Crippen LogP contribution in [0.4, 0.5) is 11.4 Å². The molecule has 0 amide bonds. The quantitative estimate of drug-likeness (QED) is 0.390. The molecule has 0 fully saturated rings. The first-order valence-electron chi connectivity index (χ1n) is 10.6. The molecule has 1 heteroatoms. The van der Waals surface area contributed by atoms with E-state index in [0.717, 1.165) is 0 Å². The van der Waals surface area contributed by atoms with Crippen molar-refractivity contribution >= 4 is 32.9 Å². The smallest absolute Gasteiger partial charge is 0.0493 e. The number of rotatable bonds is 3. The minimum Gasteiger partial charge on any atom is -0.338 e. The first-order valence-corrected chi connectivity index (χ1v) is 10.6. The molecule has 0 spiro atoms. The highest BCUT2D eigenvalue weighted by atomic mass is 15.2. The normalized spacial score (nSPS) is 14.5. The van der Waals surface area contributed by atoms with Crippen molar-refractivity contribution in [2.75, 3.05) is 4.90 Å². The van der Waals surface area contributed by atoms with Crippen molar-refractivity contribution in [1.82, 2.24) is 0 Å². The van der Waals surface area contributed by atoms with E-state index in [1.807, 2.05) is 0 Å². The molecule has 0 heterocycles. The number of aryl methyl sites for hydroxylation is 4. The van der Waals surface area contributed by atoms with Gasteiger partial charge in [-0.3, -0.25) is 0 Å². The fraction of sp³-hybridized carbons (Fsp3) is 0.259. The van der Waals surface area contributed by atoms with Gasteiger partial charge in [-0.1, -0.05) is 48.5 Å². The molecule has 4 aromatic rings. The van der Waals surface area contributed by atoms with Crippen molar-refractivity contribution in [1.29, 1.82) is 0 Å². The fourth-order valence-corrected chi connectivity index (χ4v) is 5.57. The zero-order valence-electron chi connectivity index (χ0n) is 16.6. The van der Waals surface area contributed by atoms with Gasteiger partial charge in [-0.05, 0) is 84.7 Å². The maximum atomic E-state index is 2.56. The van der Waals surface area contributed by atoms with E-state index >= 15 is 0 Å². The molecular weight excluding hydrogens is 338 g/mol. The van der Waals surface area contributed by atoms with Gasteiger partial charge < -0.3 is 4.90 Å². The van der Waals surface area contributed by atoms with E-state index < -0.39 is 0 Å². The highest BCUT2D eigenvalue weighted by Gasteiger charge is 2.24. The lowest BCUT2D eigenvalue weighted by molar-refractivity contribution is 0.794. The second-order valence-electron chi connectivity index (χ2n) is 8.63. The van der Waals surface area contributed by atoms with E-state index in [2.05, 4.69) is 79.4 Å². The van der Waals surface area contributed by atoms with Crippen molar-refractivity contribution in [2.24, 2.45) is 0 Å². The van der Waals surface area contributed by atoms with Crippen LogP contribution in [0.1, 0.15) is 36.1 Å². The number of hydrogen-bond acceptors (Lipinski definition) is 1. The monoisotopic (exact) mass is 363 g/mol. The molecule has 6 rings (SSSR count). The number of benzene rings is 4. The van der Waals surface area contributed by atoms with E-state index in [9.17, 15) is 0 Å². The Morgan fingerprint density at radius 2 is 1.00 bits per heavy atom. The zero-order valence-corrected chi connectivity index (χ0v) is 16.6. The molecule has 0 N–H and O–H groups in total. The van der Waals surface area contributed by atoms with Gasteiger partial charge in [0.2, 0.25) is 0 Å². The molecule has 2 aliphatic rings.